The van der Waals surface area contributed by atoms with Crippen molar-refractivity contribution in [2.24, 2.45) is 5.73 Å². The quantitative estimate of drug-likeness (QED) is 0.273. The maximum atomic E-state index is 10.1. The van der Waals surface area contributed by atoms with Crippen molar-refractivity contribution in [2.45, 2.75) is 5.91 Å². The zero-order valence-electron chi connectivity index (χ0n) is 4.29. The van der Waals surface area contributed by atoms with E-state index in [9.17, 15) is 4.91 Å². The van der Waals surface area contributed by atoms with E-state index in [0.717, 1.165) is 0 Å². The van der Waals surface area contributed by atoms with Crippen molar-refractivity contribution >= 4 is 5.87 Å². The Labute approximate surface area is 49.6 Å². The summed E-state index contributed by atoms with van der Waals surface area (Å²) < 4.78 is 0. The average Bonchev–Trinajstić information content (AvgIpc) is 1.63. The Bertz CT molecular complexity index is 214. The summed E-state index contributed by atoms with van der Waals surface area (Å²) in [4.78, 5) is 14.0. The van der Waals surface area contributed by atoms with Crippen LogP contribution in [0.5, 0.6) is 0 Å². The number of hydrogen-bond donors (Lipinski definition) is 3. The number of hydrogen-bond acceptors (Lipinski definition) is 5. The molecular weight excluding hydrogens is 126 g/mol. The third kappa shape index (κ3) is 0.619. The van der Waals surface area contributed by atoms with Crippen molar-refractivity contribution in [3.05, 3.63) is 10.6 Å². The second-order valence-electron chi connectivity index (χ2n) is 1.52. The van der Waals surface area contributed by atoms with Crippen LogP contribution in [0.2, 0.25) is 0 Å². The van der Waals surface area contributed by atoms with Gasteiger partial charge in [0.05, 0.1) is 10.8 Å². The Morgan fingerprint density at radius 2 is 2.56 bits per heavy atom. The second-order valence-corrected chi connectivity index (χ2v) is 1.52. The lowest BCUT2D eigenvalue weighted by Crippen LogP contribution is -2.58. The predicted octanol–water partition coefficient (Wildman–Crippen LogP) is -1.55. The molecule has 1 aliphatic rings. The van der Waals surface area contributed by atoms with Crippen molar-refractivity contribution in [2.75, 3.05) is 0 Å². The monoisotopic (exact) mass is 130 g/mol. The highest BCUT2D eigenvalue weighted by molar-refractivity contribution is 5.53. The van der Waals surface area contributed by atoms with Gasteiger partial charge in [-0.1, -0.05) is 0 Å². The van der Waals surface area contributed by atoms with Gasteiger partial charge in [0.2, 0.25) is 0 Å². The normalized spacial score (nSPS) is 32.7. The van der Waals surface area contributed by atoms with Crippen LogP contribution in [0.15, 0.2) is 5.70 Å². The van der Waals surface area contributed by atoms with Crippen molar-refractivity contribution in [3.63, 3.8) is 0 Å². The summed E-state index contributed by atoms with van der Waals surface area (Å²) in [5.74, 6) is -0.486. The zero-order valence-corrected chi connectivity index (χ0v) is 4.29. The largest absolute Gasteiger partial charge is 0.448 e. The first-order chi connectivity index (χ1) is 4.08. The minimum atomic E-state index is -2.11. The Hall–Kier alpha value is -1.23. The van der Waals surface area contributed by atoms with Crippen LogP contribution < -0.4 is 5.73 Å². The Morgan fingerprint density at radius 3 is 2.67 bits per heavy atom. The van der Waals surface area contributed by atoms with E-state index in [-0.39, 0.29) is 4.92 Å². The van der Waals surface area contributed by atoms with Crippen LogP contribution in [0, 0.1) is 10.3 Å². The molecule has 1 heterocycles. The van der Waals surface area contributed by atoms with E-state index in [1.54, 1.807) is 5.87 Å². The predicted molar refractivity (Wildman–Crippen MR) is 25.1 cm³/mol. The lowest BCUT2D eigenvalue weighted by Gasteiger charge is -2.17. The minimum absolute atomic E-state index is 0.0764. The molecule has 6 nitrogen and oxygen atoms in total. The molecule has 6 heteroatoms. The Kier molecular flexibility index (Phi) is 0.906. The van der Waals surface area contributed by atoms with Gasteiger partial charge in [0.25, 0.3) is 4.92 Å². The molecule has 0 amide bonds. The van der Waals surface area contributed by atoms with Crippen molar-refractivity contribution in [3.8, 4) is 0 Å². The molecule has 1 fully saturated rings. The van der Waals surface area contributed by atoms with Gasteiger partial charge in [-0.25, -0.2) is 0 Å². The van der Waals surface area contributed by atoms with E-state index in [4.69, 9.17) is 16.2 Å². The number of nitrogens with two attached hydrogens (primary N) is 1. The van der Waals surface area contributed by atoms with Gasteiger partial charge in [0, 0.05) is 0 Å². The molecule has 1 rings (SSSR count). The third-order valence-electron chi connectivity index (χ3n) is 0.862. The lowest BCUT2D eigenvalue weighted by atomic mass is 10.3. The molecular formula is C3H4N3O3+. The molecule has 48 valence electrons. The van der Waals surface area contributed by atoms with Gasteiger partial charge in [-0.15, -0.1) is 0 Å². The first kappa shape index (κ1) is 5.90. The third-order valence-corrected chi connectivity index (χ3v) is 0.862. The van der Waals surface area contributed by atoms with Crippen LogP contribution in [-0.4, -0.2) is 21.8 Å². The van der Waals surface area contributed by atoms with Crippen LogP contribution in [0.4, 0.5) is 0 Å². The molecule has 1 saturated heterocycles. The van der Waals surface area contributed by atoms with E-state index in [0.29, 0.717) is 0 Å². The molecule has 0 saturated carbocycles. The van der Waals surface area contributed by atoms with E-state index in [1.807, 2.05) is 0 Å². The Morgan fingerprint density at radius 1 is 2.00 bits per heavy atom. The lowest BCUT2D eigenvalue weighted by molar-refractivity contribution is -0.878. The first-order valence-corrected chi connectivity index (χ1v) is 2.06. The number of rotatable bonds is 0. The number of aliphatic hydroxyl groups is 1. The second kappa shape index (κ2) is 1.38. The molecule has 1 aliphatic heterocycles. The molecule has 0 aromatic rings. The highest BCUT2D eigenvalue weighted by Gasteiger charge is 2.61. The number of nitrogens with one attached hydrogen (secondary N) is 1. The van der Waals surface area contributed by atoms with Gasteiger partial charge in [-0.2, -0.15) is 4.84 Å². The summed E-state index contributed by atoms with van der Waals surface area (Å²) in [5, 5.41) is 15.0. The zero-order chi connectivity index (χ0) is 7.07. The van der Waals surface area contributed by atoms with Gasteiger partial charge in [-0.05, 0) is 0 Å². The van der Waals surface area contributed by atoms with Crippen molar-refractivity contribution in [1.29, 1.82) is 5.41 Å². The fraction of sp³-hybridized carbons (Fsp3) is 0.333. The van der Waals surface area contributed by atoms with Gasteiger partial charge >= 0.3 is 11.6 Å². The smallest absolute Gasteiger partial charge is 0.330 e. The van der Waals surface area contributed by atoms with Crippen LogP contribution in [0.3, 0.4) is 0 Å². The SMILES string of the molecule is N=C=C1[N+](=O)OC1(N)O. The minimum Gasteiger partial charge on any atom is -0.330 e. The van der Waals surface area contributed by atoms with Gasteiger partial charge in [-0.3, -0.25) is 11.1 Å². The molecule has 0 aliphatic carbocycles. The maximum Gasteiger partial charge on any atom is 0.448 e. The standard InChI is InChI=1S/C3H4N3O3/c4-1-2-3(5,7)9-6(2)8/h4,7H,5H2/q+1. The molecule has 9 heavy (non-hydrogen) atoms. The van der Waals surface area contributed by atoms with E-state index in [1.165, 1.54) is 0 Å². The van der Waals surface area contributed by atoms with E-state index >= 15 is 0 Å². The summed E-state index contributed by atoms with van der Waals surface area (Å²) >= 11 is 0. The highest BCUT2D eigenvalue weighted by atomic mass is 16.9. The number of nitrogens with zero attached hydrogens (tertiary/aromatic N) is 1. The van der Waals surface area contributed by atoms with Gasteiger partial charge < -0.3 is 5.11 Å². The molecule has 1 unspecified atom stereocenters. The molecule has 0 radical (unpaired) electrons. The summed E-state index contributed by atoms with van der Waals surface area (Å²) in [5.41, 5.74) is 4.41. The molecule has 0 aromatic heterocycles. The molecule has 0 bridgehead atoms. The molecule has 0 spiro atoms. The topological polar surface area (TPSA) is 99.4 Å². The Balaban J connectivity index is 2.95. The summed E-state index contributed by atoms with van der Waals surface area (Å²) in [6.45, 7) is 0. The summed E-state index contributed by atoms with van der Waals surface area (Å²) in [6.07, 6.45) is 0. The van der Waals surface area contributed by atoms with Crippen LogP contribution in [0.1, 0.15) is 0 Å². The van der Waals surface area contributed by atoms with Gasteiger partial charge in [0.1, 0.15) is 0 Å². The van der Waals surface area contributed by atoms with E-state index < -0.39 is 11.6 Å². The first-order valence-electron chi connectivity index (χ1n) is 2.06. The van der Waals surface area contributed by atoms with Crippen molar-refractivity contribution in [1.82, 2.24) is 0 Å². The van der Waals surface area contributed by atoms with Crippen molar-refractivity contribution < 1.29 is 14.9 Å². The summed E-state index contributed by atoms with van der Waals surface area (Å²) in [6, 6.07) is 0. The summed E-state index contributed by atoms with van der Waals surface area (Å²) in [7, 11) is 0. The van der Waals surface area contributed by atoms with Crippen LogP contribution in [0.25, 0.3) is 0 Å². The van der Waals surface area contributed by atoms with Crippen LogP contribution >= 0.6 is 0 Å². The fourth-order valence-corrected chi connectivity index (χ4v) is 0.442. The average molecular weight is 130 g/mol. The fourth-order valence-electron chi connectivity index (χ4n) is 0.442. The van der Waals surface area contributed by atoms with E-state index in [2.05, 4.69) is 4.84 Å². The highest BCUT2D eigenvalue weighted by Crippen LogP contribution is 2.21. The van der Waals surface area contributed by atoms with Crippen LogP contribution in [-0.2, 0) is 4.84 Å². The molecule has 1 atom stereocenters. The molecule has 4 N–H and O–H groups in total. The molecule has 0 aromatic carbocycles. The van der Waals surface area contributed by atoms with Gasteiger partial charge in [0.15, 0.2) is 0 Å². The maximum absolute atomic E-state index is 10.1.